The van der Waals surface area contributed by atoms with E-state index in [4.69, 9.17) is 20.2 Å². The first kappa shape index (κ1) is 23.4. The zero-order chi connectivity index (χ0) is 23.6. The Bertz CT molecular complexity index is 1080. The van der Waals surface area contributed by atoms with Gasteiger partial charge >= 0.3 is 0 Å². The number of nitrogens with two attached hydrogens (primary N) is 1. The van der Waals surface area contributed by atoms with Gasteiger partial charge in [0.15, 0.2) is 17.7 Å². The molecule has 0 unspecified atom stereocenters. The van der Waals surface area contributed by atoms with Gasteiger partial charge in [0.25, 0.3) is 0 Å². The Kier molecular flexibility index (Phi) is 6.82. The maximum absolute atomic E-state index is 9.71. The van der Waals surface area contributed by atoms with Gasteiger partial charge in [-0.1, -0.05) is 28.1 Å². The van der Waals surface area contributed by atoms with Gasteiger partial charge in [0.1, 0.15) is 0 Å². The van der Waals surface area contributed by atoms with Crippen molar-refractivity contribution < 1.29 is 9.47 Å². The Morgan fingerprint density at radius 2 is 2.00 bits per heavy atom. The normalized spacial score (nSPS) is 25.2. The maximum Gasteiger partial charge on any atom is 0.209 e. The third-order valence-electron chi connectivity index (χ3n) is 7.17. The monoisotopic (exact) mass is 511 g/mol. The van der Waals surface area contributed by atoms with Gasteiger partial charge in [-0.3, -0.25) is 0 Å². The van der Waals surface area contributed by atoms with E-state index in [0.717, 1.165) is 48.2 Å². The summed E-state index contributed by atoms with van der Waals surface area (Å²) in [7, 11) is 5.53. The van der Waals surface area contributed by atoms with Crippen molar-refractivity contribution in [1.29, 1.82) is 5.26 Å². The lowest BCUT2D eigenvalue weighted by Crippen LogP contribution is -2.47. The fourth-order valence-electron chi connectivity index (χ4n) is 5.46. The molecule has 1 aliphatic carbocycles. The summed E-state index contributed by atoms with van der Waals surface area (Å²) in [5.41, 5.74) is 8.36. The van der Waals surface area contributed by atoms with Gasteiger partial charge in [0, 0.05) is 15.9 Å². The molecule has 0 aromatic heterocycles. The van der Waals surface area contributed by atoms with Crippen LogP contribution >= 0.6 is 15.9 Å². The Hall–Kier alpha value is -2.76. The van der Waals surface area contributed by atoms with E-state index in [1.165, 1.54) is 10.5 Å². The molecule has 3 atom stereocenters. The average molecular weight is 512 g/mol. The molecule has 4 rings (SSSR count). The van der Waals surface area contributed by atoms with Crippen LogP contribution in [0, 0.1) is 11.5 Å². The topological polar surface area (TPSA) is 87.1 Å². The van der Waals surface area contributed by atoms with Crippen LogP contribution in [0.5, 0.6) is 11.5 Å². The molecule has 33 heavy (non-hydrogen) atoms. The summed E-state index contributed by atoms with van der Waals surface area (Å²) in [5, 5.41) is 9.71. The van der Waals surface area contributed by atoms with Crippen molar-refractivity contribution in [2.24, 2.45) is 10.7 Å². The van der Waals surface area contributed by atoms with Gasteiger partial charge in [0.2, 0.25) is 5.96 Å². The summed E-state index contributed by atoms with van der Waals surface area (Å²) in [6, 6.07) is 14.2. The third-order valence-corrected chi connectivity index (χ3v) is 7.66. The summed E-state index contributed by atoms with van der Waals surface area (Å²) in [5.74, 6) is 1.75. The predicted molar refractivity (Wildman–Crippen MR) is 134 cm³/mol. The number of nitrogens with zero attached hydrogens (tertiary/aromatic N) is 4. The molecule has 0 radical (unpaired) electrons. The molecule has 174 valence electrons. The highest BCUT2D eigenvalue weighted by Crippen LogP contribution is 2.50. The minimum Gasteiger partial charge on any atom is -0.493 e. The van der Waals surface area contributed by atoms with Crippen molar-refractivity contribution in [3.05, 3.63) is 52.5 Å². The van der Waals surface area contributed by atoms with Crippen LogP contribution < -0.4 is 20.1 Å². The number of methoxy groups -OCH3 is 2. The van der Waals surface area contributed by atoms with Gasteiger partial charge in [-0.25, -0.2) is 9.89 Å². The van der Waals surface area contributed by atoms with Crippen LogP contribution in [0.25, 0.3) is 0 Å². The number of rotatable bonds is 5. The second-order valence-electron chi connectivity index (χ2n) is 8.80. The number of benzene rings is 2. The molecule has 1 saturated heterocycles. The van der Waals surface area contributed by atoms with Crippen molar-refractivity contribution in [3.8, 4) is 17.7 Å². The van der Waals surface area contributed by atoms with Crippen LogP contribution in [-0.4, -0.2) is 50.8 Å². The Labute approximate surface area is 203 Å². The van der Waals surface area contributed by atoms with Crippen molar-refractivity contribution >= 4 is 27.6 Å². The number of likely N-dealkylation sites (tertiary alicyclic amines) is 1. The lowest BCUT2D eigenvalue weighted by molar-refractivity contribution is 0.168. The lowest BCUT2D eigenvalue weighted by atomic mass is 9.65. The minimum atomic E-state index is 0.0499. The summed E-state index contributed by atoms with van der Waals surface area (Å²) in [6.07, 6.45) is 6.07. The summed E-state index contributed by atoms with van der Waals surface area (Å²) in [6.45, 7) is 1.04. The van der Waals surface area contributed by atoms with E-state index in [1.54, 1.807) is 14.2 Å². The highest BCUT2D eigenvalue weighted by atomic mass is 79.9. The summed E-state index contributed by atoms with van der Waals surface area (Å²) >= 11 is 3.45. The number of nitriles is 1. The number of guanidine groups is 1. The van der Waals surface area contributed by atoms with E-state index in [9.17, 15) is 5.26 Å². The second-order valence-corrected chi connectivity index (χ2v) is 9.72. The molecular formula is C25H30BrN5O2. The van der Waals surface area contributed by atoms with Gasteiger partial charge in [-0.05, 0) is 75.2 Å². The van der Waals surface area contributed by atoms with Crippen LogP contribution in [-0.2, 0) is 5.41 Å². The van der Waals surface area contributed by atoms with Crippen molar-refractivity contribution in [1.82, 2.24) is 4.90 Å². The number of anilines is 1. The fraction of sp³-hybridized carbons (Fsp3) is 0.440. The van der Waals surface area contributed by atoms with Crippen molar-refractivity contribution in [3.63, 3.8) is 0 Å². The van der Waals surface area contributed by atoms with E-state index in [2.05, 4.69) is 46.2 Å². The lowest BCUT2D eigenvalue weighted by Gasteiger charge is -2.44. The van der Waals surface area contributed by atoms with Crippen molar-refractivity contribution in [2.75, 3.05) is 32.7 Å². The van der Waals surface area contributed by atoms with E-state index in [-0.39, 0.29) is 17.4 Å². The van der Waals surface area contributed by atoms with Crippen LogP contribution in [0.3, 0.4) is 0 Å². The van der Waals surface area contributed by atoms with E-state index < -0.39 is 0 Å². The number of ether oxygens (including phenoxy) is 2. The van der Waals surface area contributed by atoms with E-state index in [1.807, 2.05) is 30.3 Å². The Morgan fingerprint density at radius 3 is 2.70 bits per heavy atom. The number of halogens is 1. The molecule has 7 nitrogen and oxygen atoms in total. The summed E-state index contributed by atoms with van der Waals surface area (Å²) < 4.78 is 11.9. The standard InChI is InChI=1S/C25H30BrN5O2/c1-30-12-11-25(17-7-8-21(32-2)22(13-17)33-3)10-9-19(15-23(25)30)29-24(28)31(16-27)20-6-4-5-18(26)14-20/h4-8,13-14,19,23H,9-12,15H2,1-3H3,(H2,28,29)/t19-,23+,25+/m1/s1. The van der Waals surface area contributed by atoms with Crippen molar-refractivity contribution in [2.45, 2.75) is 43.2 Å². The maximum atomic E-state index is 9.71. The quantitative estimate of drug-likeness (QED) is 0.279. The molecule has 0 amide bonds. The number of likely N-dealkylation sites (N-methyl/N-ethyl adjacent to an activating group) is 1. The zero-order valence-corrected chi connectivity index (χ0v) is 20.9. The van der Waals surface area contributed by atoms with Crippen LogP contribution in [0.1, 0.15) is 31.2 Å². The number of aliphatic imine (C=N–C) groups is 1. The molecule has 2 aromatic rings. The number of hydrogen-bond donors (Lipinski definition) is 1. The molecule has 8 heteroatoms. The molecule has 2 fully saturated rings. The first-order valence-electron chi connectivity index (χ1n) is 11.1. The highest BCUT2D eigenvalue weighted by Gasteiger charge is 2.50. The molecular weight excluding hydrogens is 482 g/mol. The predicted octanol–water partition coefficient (Wildman–Crippen LogP) is 4.26. The van der Waals surface area contributed by atoms with Crippen LogP contribution in [0.2, 0.25) is 0 Å². The van der Waals surface area contributed by atoms with Crippen LogP contribution in [0.4, 0.5) is 5.69 Å². The largest absolute Gasteiger partial charge is 0.493 e. The van der Waals surface area contributed by atoms with E-state index >= 15 is 0 Å². The van der Waals surface area contributed by atoms with Gasteiger partial charge < -0.3 is 20.1 Å². The Morgan fingerprint density at radius 1 is 1.21 bits per heavy atom. The fourth-order valence-corrected chi connectivity index (χ4v) is 5.85. The molecule has 0 bridgehead atoms. The minimum absolute atomic E-state index is 0.0499. The molecule has 2 aromatic carbocycles. The molecule has 1 heterocycles. The first-order chi connectivity index (χ1) is 15.9. The molecule has 1 saturated carbocycles. The van der Waals surface area contributed by atoms with Gasteiger partial charge in [-0.2, -0.15) is 5.26 Å². The van der Waals surface area contributed by atoms with Crippen LogP contribution in [0.15, 0.2) is 51.9 Å². The summed E-state index contributed by atoms with van der Waals surface area (Å²) in [4.78, 5) is 8.63. The third kappa shape index (κ3) is 4.40. The molecule has 0 spiro atoms. The Balaban J connectivity index is 1.59. The highest BCUT2D eigenvalue weighted by molar-refractivity contribution is 9.10. The van der Waals surface area contributed by atoms with Gasteiger partial charge in [0.05, 0.1) is 25.9 Å². The number of hydrogen-bond acceptors (Lipinski definition) is 5. The first-order valence-corrected chi connectivity index (χ1v) is 11.9. The SMILES string of the molecule is COc1ccc([C@@]23CC[C@@H](N=C(N)N(C#N)c4cccc(Br)c4)C[C@@H]2N(C)CC3)cc1OC. The molecule has 2 N–H and O–H groups in total. The molecule has 1 aliphatic heterocycles. The smallest absolute Gasteiger partial charge is 0.209 e. The molecule has 2 aliphatic rings. The number of fused-ring (bicyclic) bond motifs is 1. The zero-order valence-electron chi connectivity index (χ0n) is 19.3. The second kappa shape index (κ2) is 9.62. The van der Waals surface area contributed by atoms with E-state index in [0.29, 0.717) is 11.7 Å². The average Bonchev–Trinajstić information content (AvgIpc) is 3.16. The van der Waals surface area contributed by atoms with Gasteiger partial charge in [-0.15, -0.1) is 0 Å².